The largest absolute Gasteiger partial charge is 0.507 e. The fourth-order valence-corrected chi connectivity index (χ4v) is 4.38. The quantitative estimate of drug-likeness (QED) is 0.342. The normalized spacial score (nSPS) is 20.8. The predicted molar refractivity (Wildman–Crippen MR) is 127 cm³/mol. The molecule has 34 heavy (non-hydrogen) atoms. The van der Waals surface area contributed by atoms with Crippen LogP contribution in [0.15, 0.2) is 46.4 Å². The van der Waals surface area contributed by atoms with E-state index in [9.17, 15) is 14.7 Å². The third kappa shape index (κ3) is 5.18. The molecule has 3 heterocycles. The summed E-state index contributed by atoms with van der Waals surface area (Å²) in [5, 5.41) is 11.1. The molecule has 0 radical (unpaired) electrons. The van der Waals surface area contributed by atoms with Gasteiger partial charge in [-0.2, -0.15) is 0 Å². The van der Waals surface area contributed by atoms with Crippen molar-refractivity contribution in [1.29, 1.82) is 0 Å². The van der Waals surface area contributed by atoms with Crippen LogP contribution in [-0.4, -0.2) is 72.6 Å². The second-order valence-corrected chi connectivity index (χ2v) is 8.62. The van der Waals surface area contributed by atoms with Crippen LogP contribution in [0.2, 0.25) is 0 Å². The van der Waals surface area contributed by atoms with Crippen LogP contribution in [0, 0.1) is 6.92 Å². The number of aliphatic hydroxyl groups excluding tert-OH is 1. The number of Topliss-reactive ketones (excluding diaryl/α,β-unsaturated/α-hetero) is 1. The van der Waals surface area contributed by atoms with Crippen molar-refractivity contribution in [3.8, 4) is 5.75 Å². The number of carbonyl (C=O) groups excluding carboxylic acids is 2. The van der Waals surface area contributed by atoms with Crippen molar-refractivity contribution < 1.29 is 28.6 Å². The summed E-state index contributed by atoms with van der Waals surface area (Å²) in [7, 11) is 0. The zero-order valence-electron chi connectivity index (χ0n) is 19.8. The van der Waals surface area contributed by atoms with Crippen LogP contribution in [0.3, 0.4) is 0 Å². The number of hydrogen-bond acceptors (Lipinski definition) is 7. The van der Waals surface area contributed by atoms with Crippen molar-refractivity contribution >= 4 is 17.4 Å². The summed E-state index contributed by atoms with van der Waals surface area (Å²) in [5.41, 5.74) is 0.497. The summed E-state index contributed by atoms with van der Waals surface area (Å²) in [6, 6.07) is 9.66. The summed E-state index contributed by atoms with van der Waals surface area (Å²) in [6.45, 7) is 8.74. The van der Waals surface area contributed by atoms with E-state index in [1.807, 2.05) is 13.8 Å². The average molecular weight is 469 g/mol. The van der Waals surface area contributed by atoms with Gasteiger partial charge >= 0.3 is 0 Å². The van der Waals surface area contributed by atoms with Gasteiger partial charge in [0.05, 0.1) is 25.4 Å². The monoisotopic (exact) mass is 468 g/mol. The SMILES string of the molecule is CCCOc1ccc(/C(O)=C2/C(=O)C(=O)N(CCCN3CCOCC3)C2c2ccc(C)o2)cc1. The van der Waals surface area contributed by atoms with Crippen LogP contribution >= 0.6 is 0 Å². The number of carbonyl (C=O) groups is 2. The van der Waals surface area contributed by atoms with Crippen molar-refractivity contribution in [1.82, 2.24) is 9.80 Å². The number of nitrogens with zero attached hydrogens (tertiary/aromatic N) is 2. The number of aryl methyl sites for hydroxylation is 1. The maximum Gasteiger partial charge on any atom is 0.295 e. The Morgan fingerprint density at radius 3 is 2.47 bits per heavy atom. The van der Waals surface area contributed by atoms with Crippen molar-refractivity contribution in [2.24, 2.45) is 0 Å². The van der Waals surface area contributed by atoms with Gasteiger partial charge in [0, 0.05) is 31.7 Å². The first-order chi connectivity index (χ1) is 16.5. The van der Waals surface area contributed by atoms with E-state index in [2.05, 4.69) is 4.90 Å². The molecule has 0 aliphatic carbocycles. The fraction of sp³-hybridized carbons (Fsp3) is 0.462. The van der Waals surface area contributed by atoms with Gasteiger partial charge in [-0.15, -0.1) is 0 Å². The zero-order chi connectivity index (χ0) is 24.1. The molecule has 0 saturated carbocycles. The highest BCUT2D eigenvalue weighted by atomic mass is 16.5. The van der Waals surface area contributed by atoms with E-state index in [1.54, 1.807) is 36.4 Å². The Kier molecular flexibility index (Phi) is 7.70. The molecule has 1 atom stereocenters. The predicted octanol–water partition coefficient (Wildman–Crippen LogP) is 3.52. The Morgan fingerprint density at radius 2 is 1.82 bits per heavy atom. The summed E-state index contributed by atoms with van der Waals surface area (Å²) < 4.78 is 16.8. The Balaban J connectivity index is 1.60. The summed E-state index contributed by atoms with van der Waals surface area (Å²) in [4.78, 5) is 29.9. The molecule has 182 valence electrons. The van der Waals surface area contributed by atoms with Crippen molar-refractivity contribution in [3.05, 3.63) is 59.1 Å². The fourth-order valence-electron chi connectivity index (χ4n) is 4.38. The molecule has 4 rings (SSSR count). The highest BCUT2D eigenvalue weighted by Gasteiger charge is 2.47. The molecule has 2 aromatic rings. The highest BCUT2D eigenvalue weighted by Crippen LogP contribution is 2.40. The third-order valence-corrected chi connectivity index (χ3v) is 6.15. The molecular weight excluding hydrogens is 436 g/mol. The first-order valence-electron chi connectivity index (χ1n) is 11.9. The van der Waals surface area contributed by atoms with Gasteiger partial charge in [-0.05, 0) is 56.2 Å². The minimum absolute atomic E-state index is 0.0490. The number of ketones is 1. The maximum atomic E-state index is 13.1. The van der Waals surface area contributed by atoms with Crippen LogP contribution in [0.4, 0.5) is 0 Å². The molecule has 1 aromatic heterocycles. The number of benzene rings is 1. The topological polar surface area (TPSA) is 92.5 Å². The standard InChI is InChI=1S/C26H32N2O6/c1-3-15-33-20-8-6-19(7-9-20)24(29)22-23(21-10-5-18(2)34-21)28(26(31)25(22)30)12-4-11-27-13-16-32-17-14-27/h5-10,23,29H,3-4,11-17H2,1-2H3/b24-22-. The second-order valence-electron chi connectivity index (χ2n) is 8.62. The van der Waals surface area contributed by atoms with E-state index < -0.39 is 17.7 Å². The molecule has 0 spiro atoms. The smallest absolute Gasteiger partial charge is 0.295 e. The van der Waals surface area contributed by atoms with Gasteiger partial charge in [0.2, 0.25) is 0 Å². The van der Waals surface area contributed by atoms with Crippen LogP contribution in [0.25, 0.3) is 5.76 Å². The van der Waals surface area contributed by atoms with E-state index in [0.29, 0.717) is 55.6 Å². The third-order valence-electron chi connectivity index (χ3n) is 6.15. The Morgan fingerprint density at radius 1 is 1.09 bits per heavy atom. The van der Waals surface area contributed by atoms with Gasteiger partial charge in [0.15, 0.2) is 0 Å². The molecule has 1 unspecified atom stereocenters. The van der Waals surface area contributed by atoms with E-state index >= 15 is 0 Å². The lowest BCUT2D eigenvalue weighted by atomic mass is 9.99. The van der Waals surface area contributed by atoms with Gasteiger partial charge in [-0.1, -0.05) is 6.92 Å². The van der Waals surface area contributed by atoms with Crippen LogP contribution < -0.4 is 4.74 Å². The van der Waals surface area contributed by atoms with E-state index in [-0.39, 0.29) is 11.3 Å². The van der Waals surface area contributed by atoms with Crippen molar-refractivity contribution in [3.63, 3.8) is 0 Å². The lowest BCUT2D eigenvalue weighted by Gasteiger charge is -2.28. The molecule has 0 bridgehead atoms. The Hall–Kier alpha value is -3.10. The average Bonchev–Trinajstić information content (AvgIpc) is 3.39. The number of aliphatic hydroxyl groups is 1. The molecule has 2 fully saturated rings. The Bertz CT molecular complexity index is 1040. The first-order valence-corrected chi connectivity index (χ1v) is 11.9. The zero-order valence-corrected chi connectivity index (χ0v) is 19.8. The van der Waals surface area contributed by atoms with Gasteiger partial charge in [0.25, 0.3) is 11.7 Å². The molecule has 1 aromatic carbocycles. The lowest BCUT2D eigenvalue weighted by molar-refractivity contribution is -0.140. The van der Waals surface area contributed by atoms with E-state index in [4.69, 9.17) is 13.9 Å². The number of morpholine rings is 1. The molecule has 1 amide bonds. The summed E-state index contributed by atoms with van der Waals surface area (Å²) in [6.07, 6.45) is 1.59. The lowest BCUT2D eigenvalue weighted by Crippen LogP contribution is -2.38. The van der Waals surface area contributed by atoms with Crippen LogP contribution in [-0.2, 0) is 14.3 Å². The summed E-state index contributed by atoms with van der Waals surface area (Å²) >= 11 is 0. The molecular formula is C26H32N2O6. The number of ether oxygens (including phenoxy) is 2. The van der Waals surface area contributed by atoms with Gasteiger partial charge < -0.3 is 23.9 Å². The molecule has 2 aliphatic heterocycles. The maximum absolute atomic E-state index is 13.1. The number of amides is 1. The molecule has 8 nitrogen and oxygen atoms in total. The van der Waals surface area contributed by atoms with Gasteiger partial charge in [-0.3, -0.25) is 14.5 Å². The minimum atomic E-state index is -0.769. The highest BCUT2D eigenvalue weighted by molar-refractivity contribution is 6.46. The van der Waals surface area contributed by atoms with Gasteiger partial charge in [-0.25, -0.2) is 0 Å². The molecule has 1 N–H and O–H groups in total. The molecule has 8 heteroatoms. The first kappa shape index (κ1) is 24.0. The van der Waals surface area contributed by atoms with Gasteiger partial charge in [0.1, 0.15) is 29.1 Å². The number of furan rings is 1. The molecule has 2 saturated heterocycles. The Labute approximate surface area is 199 Å². The van der Waals surface area contributed by atoms with E-state index in [1.165, 1.54) is 4.90 Å². The van der Waals surface area contributed by atoms with E-state index in [0.717, 1.165) is 26.1 Å². The van der Waals surface area contributed by atoms with Crippen molar-refractivity contribution in [2.45, 2.75) is 32.7 Å². The number of likely N-dealkylation sites (tertiary alicyclic amines) is 1. The second kappa shape index (κ2) is 10.9. The van der Waals surface area contributed by atoms with Crippen LogP contribution in [0.1, 0.15) is 42.9 Å². The van der Waals surface area contributed by atoms with Crippen molar-refractivity contribution in [2.75, 3.05) is 46.0 Å². The van der Waals surface area contributed by atoms with Crippen LogP contribution in [0.5, 0.6) is 5.75 Å². The number of hydrogen-bond donors (Lipinski definition) is 1. The molecule has 2 aliphatic rings. The summed E-state index contributed by atoms with van der Waals surface area (Å²) in [5.74, 6) is 0.286. The minimum Gasteiger partial charge on any atom is -0.507 e. The number of rotatable bonds is 9.